The first-order valence-electron chi connectivity index (χ1n) is 10.5. The van der Waals surface area contributed by atoms with Gasteiger partial charge >= 0.3 is 6.09 Å². The summed E-state index contributed by atoms with van der Waals surface area (Å²) in [6.07, 6.45) is 2.93. The van der Waals surface area contributed by atoms with Gasteiger partial charge < -0.3 is 14.5 Å². The van der Waals surface area contributed by atoms with Crippen LogP contribution in [0.1, 0.15) is 50.7 Å². The highest BCUT2D eigenvalue weighted by molar-refractivity contribution is 6.31. The molecular formula is C23H26ClN5O2. The van der Waals surface area contributed by atoms with Crippen LogP contribution in [0.4, 0.5) is 10.6 Å². The van der Waals surface area contributed by atoms with Crippen LogP contribution in [0.2, 0.25) is 5.02 Å². The number of carbonyl (C=O) groups excluding carboxylic acids is 1. The molecule has 0 radical (unpaired) electrons. The Labute approximate surface area is 187 Å². The molecule has 162 valence electrons. The molecule has 0 bridgehead atoms. The van der Waals surface area contributed by atoms with Gasteiger partial charge in [-0.1, -0.05) is 29.8 Å². The number of hydrogen-bond acceptors (Lipinski definition) is 4. The summed E-state index contributed by atoms with van der Waals surface area (Å²) in [6, 6.07) is 7.19. The zero-order chi connectivity index (χ0) is 22.2. The van der Waals surface area contributed by atoms with Crippen molar-refractivity contribution in [2.45, 2.75) is 51.2 Å². The number of nitrogens with one attached hydrogen (secondary N) is 1. The maximum atomic E-state index is 12.4. The van der Waals surface area contributed by atoms with Crippen molar-refractivity contribution in [3.63, 3.8) is 0 Å². The standard InChI is InChI=1S/C23H26ClN5O2/c1-23(2,3)31-22(30)29-11-9-14(10-12-29)19-20(25-4)18(15-7-5-6-8-17(15)24)16-13-26-28-21(16)27-19/h5-8,13-14,18,20H,9-12H2,1-3H3,(H,26,28). The van der Waals surface area contributed by atoms with E-state index < -0.39 is 11.6 Å². The van der Waals surface area contributed by atoms with E-state index in [1.165, 1.54) is 0 Å². The van der Waals surface area contributed by atoms with Gasteiger partial charge in [0, 0.05) is 29.6 Å². The molecule has 2 aromatic rings. The van der Waals surface area contributed by atoms with E-state index in [0.29, 0.717) is 23.9 Å². The predicted octanol–water partition coefficient (Wildman–Crippen LogP) is 5.22. The number of H-pyrrole nitrogens is 1. The predicted molar refractivity (Wildman–Crippen MR) is 120 cm³/mol. The lowest BCUT2D eigenvalue weighted by molar-refractivity contribution is 0.0201. The quantitative estimate of drug-likeness (QED) is 0.652. The number of benzene rings is 1. The number of carbonyl (C=O) groups is 1. The molecular weight excluding hydrogens is 414 g/mol. The van der Waals surface area contributed by atoms with Gasteiger partial charge in [0.05, 0.1) is 12.1 Å². The number of likely N-dealkylation sites (tertiary alicyclic amines) is 1. The van der Waals surface area contributed by atoms with Crippen molar-refractivity contribution in [1.82, 2.24) is 15.1 Å². The van der Waals surface area contributed by atoms with Crippen LogP contribution in [-0.2, 0) is 4.74 Å². The lowest BCUT2D eigenvalue weighted by Gasteiger charge is -2.35. The number of aromatic amines is 1. The van der Waals surface area contributed by atoms with E-state index in [1.54, 1.807) is 11.1 Å². The molecule has 0 aliphatic carbocycles. The van der Waals surface area contributed by atoms with Gasteiger partial charge in [0.2, 0.25) is 0 Å². The van der Waals surface area contributed by atoms with Crippen molar-refractivity contribution >= 4 is 29.2 Å². The van der Waals surface area contributed by atoms with Crippen molar-refractivity contribution in [2.24, 2.45) is 10.9 Å². The van der Waals surface area contributed by atoms with Crippen molar-refractivity contribution in [3.05, 3.63) is 58.0 Å². The van der Waals surface area contributed by atoms with Crippen molar-refractivity contribution in [2.75, 3.05) is 13.1 Å². The van der Waals surface area contributed by atoms with Gasteiger partial charge in [0.15, 0.2) is 5.82 Å². The summed E-state index contributed by atoms with van der Waals surface area (Å²) < 4.78 is 5.50. The normalized spacial score (nSPS) is 21.8. The van der Waals surface area contributed by atoms with Gasteiger partial charge in [-0.25, -0.2) is 16.4 Å². The van der Waals surface area contributed by atoms with Crippen LogP contribution in [0.15, 0.2) is 35.5 Å². The van der Waals surface area contributed by atoms with E-state index in [9.17, 15) is 4.79 Å². The smallest absolute Gasteiger partial charge is 0.410 e. The number of fused-ring (bicyclic) bond motifs is 1. The van der Waals surface area contributed by atoms with Crippen molar-refractivity contribution in [1.29, 1.82) is 0 Å². The number of piperidine rings is 1. The highest BCUT2D eigenvalue weighted by Crippen LogP contribution is 2.43. The topological polar surface area (TPSA) is 74.9 Å². The Balaban J connectivity index is 1.59. The maximum Gasteiger partial charge on any atom is 0.410 e. The second-order valence-electron chi connectivity index (χ2n) is 9.03. The summed E-state index contributed by atoms with van der Waals surface area (Å²) in [5, 5.41) is 7.79. The van der Waals surface area contributed by atoms with Gasteiger partial charge in [-0.15, -0.1) is 0 Å². The number of hydrogen-bond donors (Lipinski definition) is 1. The molecule has 2 unspecified atom stereocenters. The first-order chi connectivity index (χ1) is 14.8. The fourth-order valence-electron chi connectivity index (χ4n) is 4.36. The molecule has 1 N–H and O–H groups in total. The van der Waals surface area contributed by atoms with E-state index >= 15 is 0 Å². The fraction of sp³-hybridized carbons (Fsp3) is 0.478. The lowest BCUT2D eigenvalue weighted by atomic mass is 9.77. The molecule has 4 rings (SSSR count). The third-order valence-electron chi connectivity index (χ3n) is 5.79. The summed E-state index contributed by atoms with van der Waals surface area (Å²) in [7, 11) is 0. The Hall–Kier alpha value is -2.85. The number of ether oxygens (including phenoxy) is 1. The van der Waals surface area contributed by atoms with Crippen LogP contribution in [0.5, 0.6) is 0 Å². The molecule has 31 heavy (non-hydrogen) atoms. The SMILES string of the molecule is [C-]#[N+]C1C(C2CCN(C(=O)OC(C)(C)C)CC2)=Nc2[nH]ncc2C1c1ccccc1Cl. The van der Waals surface area contributed by atoms with E-state index in [2.05, 4.69) is 15.0 Å². The van der Waals surface area contributed by atoms with E-state index in [0.717, 1.165) is 29.7 Å². The second kappa shape index (κ2) is 8.35. The Kier molecular flexibility index (Phi) is 5.76. The molecule has 1 aromatic carbocycles. The molecule has 2 atom stereocenters. The van der Waals surface area contributed by atoms with Crippen LogP contribution >= 0.6 is 11.6 Å². The largest absolute Gasteiger partial charge is 0.444 e. The first kappa shape index (κ1) is 21.4. The van der Waals surface area contributed by atoms with Crippen LogP contribution in [0.25, 0.3) is 4.85 Å². The third-order valence-corrected chi connectivity index (χ3v) is 6.13. The minimum absolute atomic E-state index is 0.110. The zero-order valence-corrected chi connectivity index (χ0v) is 18.7. The first-order valence-corrected chi connectivity index (χ1v) is 10.9. The summed E-state index contributed by atoms with van der Waals surface area (Å²) in [5.41, 5.74) is 2.13. The summed E-state index contributed by atoms with van der Waals surface area (Å²) in [6.45, 7) is 14.7. The summed E-state index contributed by atoms with van der Waals surface area (Å²) in [4.78, 5) is 23.0. The molecule has 1 amide bonds. The molecule has 1 fully saturated rings. The van der Waals surface area contributed by atoms with Crippen LogP contribution in [0.3, 0.4) is 0 Å². The van der Waals surface area contributed by atoms with Crippen LogP contribution in [0, 0.1) is 12.5 Å². The third kappa shape index (κ3) is 4.31. The van der Waals surface area contributed by atoms with E-state index in [-0.39, 0.29) is 17.9 Å². The monoisotopic (exact) mass is 439 g/mol. The Bertz CT molecular complexity index is 1040. The average Bonchev–Trinajstić information content (AvgIpc) is 3.20. The van der Waals surface area contributed by atoms with E-state index in [1.807, 2.05) is 45.0 Å². The Morgan fingerprint density at radius 1 is 1.26 bits per heavy atom. The summed E-state index contributed by atoms with van der Waals surface area (Å²) in [5.74, 6) is 0.574. The number of halogens is 1. The number of nitrogens with zero attached hydrogens (tertiary/aromatic N) is 4. The number of rotatable bonds is 2. The number of aliphatic imine (C=N–C) groups is 1. The van der Waals surface area contributed by atoms with Crippen molar-refractivity contribution in [3.8, 4) is 0 Å². The fourth-order valence-corrected chi connectivity index (χ4v) is 4.62. The molecule has 2 aliphatic heterocycles. The molecule has 8 heteroatoms. The minimum Gasteiger partial charge on any atom is -0.444 e. The Morgan fingerprint density at radius 2 is 1.97 bits per heavy atom. The van der Waals surface area contributed by atoms with Crippen molar-refractivity contribution < 1.29 is 9.53 Å². The zero-order valence-electron chi connectivity index (χ0n) is 17.9. The molecule has 0 spiro atoms. The molecule has 0 saturated carbocycles. The molecule has 7 nitrogen and oxygen atoms in total. The number of amides is 1. The highest BCUT2D eigenvalue weighted by atomic mass is 35.5. The van der Waals surface area contributed by atoms with E-state index in [4.69, 9.17) is 27.9 Å². The average molecular weight is 440 g/mol. The molecule has 3 heterocycles. The maximum absolute atomic E-state index is 12.4. The molecule has 1 saturated heterocycles. The van der Waals surface area contributed by atoms with Gasteiger partial charge in [-0.2, -0.15) is 5.10 Å². The second-order valence-corrected chi connectivity index (χ2v) is 9.43. The summed E-state index contributed by atoms with van der Waals surface area (Å²) >= 11 is 6.52. The molecule has 2 aliphatic rings. The van der Waals surface area contributed by atoms with Gasteiger partial charge in [0.25, 0.3) is 6.04 Å². The minimum atomic E-state index is -0.518. The van der Waals surface area contributed by atoms with Gasteiger partial charge in [0.1, 0.15) is 11.3 Å². The lowest BCUT2D eigenvalue weighted by Crippen LogP contribution is -2.45. The van der Waals surface area contributed by atoms with Gasteiger partial charge in [-0.05, 0) is 45.2 Å². The van der Waals surface area contributed by atoms with Crippen LogP contribution < -0.4 is 0 Å². The number of aromatic nitrogens is 2. The van der Waals surface area contributed by atoms with Crippen LogP contribution in [-0.4, -0.2) is 51.6 Å². The highest BCUT2D eigenvalue weighted by Gasteiger charge is 2.44. The molecule has 1 aromatic heterocycles. The van der Waals surface area contributed by atoms with Gasteiger partial charge in [-0.3, -0.25) is 5.10 Å². The Morgan fingerprint density at radius 3 is 2.61 bits per heavy atom.